The van der Waals surface area contributed by atoms with E-state index in [0.717, 1.165) is 29.8 Å². The highest BCUT2D eigenvalue weighted by molar-refractivity contribution is 9.10. The Morgan fingerprint density at radius 2 is 2.33 bits per heavy atom. The molecule has 0 spiro atoms. The first-order valence-corrected chi connectivity index (χ1v) is 7.95. The van der Waals surface area contributed by atoms with E-state index in [-0.39, 0.29) is 11.9 Å². The molecular formula is C15H22BrN3O2. The van der Waals surface area contributed by atoms with Gasteiger partial charge in [0.25, 0.3) is 0 Å². The number of piperazine rings is 1. The SMILES string of the molecule is COCCNCc1ccc(N2CCNC(=O)C2C)c(Br)c1. The molecule has 0 bridgehead atoms. The van der Waals surface area contributed by atoms with Crippen LogP contribution in [0.15, 0.2) is 22.7 Å². The maximum Gasteiger partial charge on any atom is 0.242 e. The van der Waals surface area contributed by atoms with Crippen LogP contribution in [0.3, 0.4) is 0 Å². The lowest BCUT2D eigenvalue weighted by molar-refractivity contribution is -0.122. The summed E-state index contributed by atoms with van der Waals surface area (Å²) in [4.78, 5) is 13.9. The van der Waals surface area contributed by atoms with Gasteiger partial charge in [-0.1, -0.05) is 6.07 Å². The lowest BCUT2D eigenvalue weighted by Crippen LogP contribution is -2.54. The molecule has 0 radical (unpaired) electrons. The van der Waals surface area contributed by atoms with Crippen molar-refractivity contribution in [1.29, 1.82) is 0 Å². The molecule has 1 atom stereocenters. The van der Waals surface area contributed by atoms with Crippen LogP contribution in [-0.4, -0.2) is 45.3 Å². The van der Waals surface area contributed by atoms with Gasteiger partial charge in [-0.2, -0.15) is 0 Å². The summed E-state index contributed by atoms with van der Waals surface area (Å²) < 4.78 is 6.03. The molecule has 1 aromatic rings. The van der Waals surface area contributed by atoms with Gasteiger partial charge in [-0.25, -0.2) is 0 Å². The fraction of sp³-hybridized carbons (Fsp3) is 0.533. The summed E-state index contributed by atoms with van der Waals surface area (Å²) in [7, 11) is 1.70. The van der Waals surface area contributed by atoms with Crippen LogP contribution in [0.1, 0.15) is 12.5 Å². The molecule has 1 heterocycles. The van der Waals surface area contributed by atoms with Crippen LogP contribution < -0.4 is 15.5 Å². The molecule has 6 heteroatoms. The Morgan fingerprint density at radius 3 is 3.05 bits per heavy atom. The average Bonchev–Trinajstić information content (AvgIpc) is 2.47. The van der Waals surface area contributed by atoms with Crippen LogP contribution in [0.25, 0.3) is 0 Å². The standard InChI is InChI=1S/C15H22BrN3O2/c1-11-15(20)18-5-7-19(11)14-4-3-12(9-13(14)16)10-17-6-8-21-2/h3-4,9,11,17H,5-8,10H2,1-2H3,(H,18,20). The monoisotopic (exact) mass is 355 g/mol. The highest BCUT2D eigenvalue weighted by Crippen LogP contribution is 2.29. The van der Waals surface area contributed by atoms with Crippen molar-refractivity contribution in [3.63, 3.8) is 0 Å². The van der Waals surface area contributed by atoms with Crippen LogP contribution in [-0.2, 0) is 16.1 Å². The van der Waals surface area contributed by atoms with E-state index in [9.17, 15) is 4.79 Å². The van der Waals surface area contributed by atoms with Gasteiger partial charge in [-0.15, -0.1) is 0 Å². The summed E-state index contributed by atoms with van der Waals surface area (Å²) in [5, 5.41) is 6.21. The van der Waals surface area contributed by atoms with Crippen molar-refractivity contribution in [3.8, 4) is 0 Å². The second-order valence-electron chi connectivity index (χ2n) is 5.12. The zero-order valence-corrected chi connectivity index (χ0v) is 14.1. The van der Waals surface area contributed by atoms with Crippen molar-refractivity contribution in [1.82, 2.24) is 10.6 Å². The number of nitrogens with zero attached hydrogens (tertiary/aromatic N) is 1. The molecule has 1 unspecified atom stereocenters. The van der Waals surface area contributed by atoms with Gasteiger partial charge in [0.15, 0.2) is 0 Å². The van der Waals surface area contributed by atoms with Crippen molar-refractivity contribution in [2.24, 2.45) is 0 Å². The summed E-state index contributed by atoms with van der Waals surface area (Å²) in [6.45, 7) is 5.80. The van der Waals surface area contributed by atoms with Crippen molar-refractivity contribution in [2.75, 3.05) is 38.3 Å². The lowest BCUT2D eigenvalue weighted by atomic mass is 10.1. The number of carbonyl (C=O) groups excluding carboxylic acids is 1. The first kappa shape index (κ1) is 16.3. The number of anilines is 1. The summed E-state index contributed by atoms with van der Waals surface area (Å²) >= 11 is 3.63. The lowest BCUT2D eigenvalue weighted by Gasteiger charge is -2.35. The molecule has 5 nitrogen and oxygen atoms in total. The molecule has 1 aliphatic heterocycles. The van der Waals surface area contributed by atoms with Crippen molar-refractivity contribution in [3.05, 3.63) is 28.2 Å². The predicted octanol–water partition coefficient (Wildman–Crippen LogP) is 1.51. The molecule has 116 valence electrons. The third-order valence-corrected chi connectivity index (χ3v) is 4.27. The Bertz CT molecular complexity index is 496. The molecule has 1 amide bonds. The predicted molar refractivity (Wildman–Crippen MR) is 87.5 cm³/mol. The van der Waals surface area contributed by atoms with Gasteiger partial charge in [0.2, 0.25) is 5.91 Å². The van der Waals surface area contributed by atoms with Gasteiger partial charge in [-0.05, 0) is 40.5 Å². The molecule has 21 heavy (non-hydrogen) atoms. The topological polar surface area (TPSA) is 53.6 Å². The van der Waals surface area contributed by atoms with Gasteiger partial charge in [0, 0.05) is 37.8 Å². The van der Waals surface area contributed by atoms with Gasteiger partial charge < -0.3 is 20.3 Å². The maximum atomic E-state index is 11.8. The van der Waals surface area contributed by atoms with E-state index in [1.165, 1.54) is 5.56 Å². The number of methoxy groups -OCH3 is 1. The van der Waals surface area contributed by atoms with Gasteiger partial charge in [0.05, 0.1) is 12.3 Å². The minimum absolute atomic E-state index is 0.0819. The van der Waals surface area contributed by atoms with E-state index >= 15 is 0 Å². The van der Waals surface area contributed by atoms with Gasteiger partial charge in [-0.3, -0.25) is 4.79 Å². The quantitative estimate of drug-likeness (QED) is 0.759. The fourth-order valence-electron chi connectivity index (χ4n) is 2.41. The second-order valence-corrected chi connectivity index (χ2v) is 5.97. The van der Waals surface area contributed by atoms with Crippen LogP contribution >= 0.6 is 15.9 Å². The molecule has 1 aliphatic rings. The van der Waals surface area contributed by atoms with E-state index in [0.29, 0.717) is 13.2 Å². The Hall–Kier alpha value is -1.11. The molecule has 1 aromatic carbocycles. The van der Waals surface area contributed by atoms with E-state index < -0.39 is 0 Å². The number of hydrogen-bond donors (Lipinski definition) is 2. The second kappa shape index (κ2) is 7.77. The molecule has 1 saturated heterocycles. The molecule has 0 aliphatic carbocycles. The zero-order valence-electron chi connectivity index (χ0n) is 12.5. The third-order valence-electron chi connectivity index (χ3n) is 3.63. The normalized spacial score (nSPS) is 18.7. The molecular weight excluding hydrogens is 334 g/mol. The van der Waals surface area contributed by atoms with E-state index in [1.54, 1.807) is 7.11 Å². The van der Waals surface area contributed by atoms with E-state index in [4.69, 9.17) is 4.74 Å². The minimum Gasteiger partial charge on any atom is -0.383 e. The maximum absolute atomic E-state index is 11.8. The van der Waals surface area contributed by atoms with Crippen molar-refractivity contribution >= 4 is 27.5 Å². The highest BCUT2D eigenvalue weighted by Gasteiger charge is 2.26. The van der Waals surface area contributed by atoms with Crippen molar-refractivity contribution < 1.29 is 9.53 Å². The molecule has 2 rings (SSSR count). The number of carbonyl (C=O) groups is 1. The van der Waals surface area contributed by atoms with Crippen molar-refractivity contribution in [2.45, 2.75) is 19.5 Å². The molecule has 0 saturated carbocycles. The largest absolute Gasteiger partial charge is 0.383 e. The summed E-state index contributed by atoms with van der Waals surface area (Å²) in [6.07, 6.45) is 0. The molecule has 2 N–H and O–H groups in total. The summed E-state index contributed by atoms with van der Waals surface area (Å²) in [5.41, 5.74) is 2.27. The number of benzene rings is 1. The third kappa shape index (κ3) is 4.18. The summed E-state index contributed by atoms with van der Waals surface area (Å²) in [5.74, 6) is 0.0819. The Labute approximate surface area is 134 Å². The number of amides is 1. The number of ether oxygens (including phenoxy) is 1. The van der Waals surface area contributed by atoms with Gasteiger partial charge >= 0.3 is 0 Å². The van der Waals surface area contributed by atoms with E-state index in [1.807, 2.05) is 6.92 Å². The highest BCUT2D eigenvalue weighted by atomic mass is 79.9. The zero-order chi connectivity index (χ0) is 15.2. The van der Waals surface area contributed by atoms with Crippen LogP contribution in [0, 0.1) is 0 Å². The Morgan fingerprint density at radius 1 is 1.52 bits per heavy atom. The average molecular weight is 356 g/mol. The minimum atomic E-state index is -0.138. The van der Waals surface area contributed by atoms with Crippen LogP contribution in [0.4, 0.5) is 5.69 Å². The van der Waals surface area contributed by atoms with Crippen LogP contribution in [0.5, 0.6) is 0 Å². The first-order chi connectivity index (χ1) is 10.1. The first-order valence-electron chi connectivity index (χ1n) is 7.16. The Balaban J connectivity index is 2.03. The Kier molecular flexibility index (Phi) is 6.02. The summed E-state index contributed by atoms with van der Waals surface area (Å²) in [6, 6.07) is 6.14. The molecule has 1 fully saturated rings. The number of rotatable bonds is 6. The number of nitrogens with one attached hydrogen (secondary N) is 2. The van der Waals surface area contributed by atoms with Gasteiger partial charge in [0.1, 0.15) is 6.04 Å². The fourth-order valence-corrected chi connectivity index (χ4v) is 3.07. The van der Waals surface area contributed by atoms with E-state index in [2.05, 4.69) is 49.7 Å². The number of hydrogen-bond acceptors (Lipinski definition) is 4. The smallest absolute Gasteiger partial charge is 0.242 e. The molecule has 0 aromatic heterocycles. The number of halogens is 1. The van der Waals surface area contributed by atoms with Crippen LogP contribution in [0.2, 0.25) is 0 Å².